The molecule has 98 valence electrons. The van der Waals surface area contributed by atoms with Gasteiger partial charge in [0.2, 0.25) is 0 Å². The molecular formula is C15H16N2O2. The molecule has 2 aromatic rings. The molecule has 0 atom stereocenters. The van der Waals surface area contributed by atoms with E-state index in [1.807, 2.05) is 19.1 Å². The largest absolute Gasteiger partial charge is 0.508 e. The Labute approximate surface area is 112 Å². The van der Waals surface area contributed by atoms with Gasteiger partial charge in [-0.3, -0.25) is 4.79 Å². The van der Waals surface area contributed by atoms with Crippen LogP contribution < -0.4 is 10.6 Å². The number of rotatable bonds is 3. The van der Waals surface area contributed by atoms with Crippen LogP contribution in [0.4, 0.5) is 11.4 Å². The van der Waals surface area contributed by atoms with E-state index in [9.17, 15) is 9.90 Å². The zero-order valence-electron chi connectivity index (χ0n) is 10.7. The standard InChI is InChI=1S/C15H16N2O2/c1-2-17(13-7-4-6-12(16)10-13)15(19)11-5-3-8-14(18)9-11/h3-10,18H,2,16H2,1H3. The van der Waals surface area contributed by atoms with Gasteiger partial charge in [-0.2, -0.15) is 0 Å². The summed E-state index contributed by atoms with van der Waals surface area (Å²) in [6.07, 6.45) is 0. The van der Waals surface area contributed by atoms with Gasteiger partial charge in [-0.25, -0.2) is 0 Å². The maximum Gasteiger partial charge on any atom is 0.258 e. The lowest BCUT2D eigenvalue weighted by atomic mass is 10.1. The second-order valence-electron chi connectivity index (χ2n) is 4.19. The molecule has 0 spiro atoms. The molecular weight excluding hydrogens is 240 g/mol. The SMILES string of the molecule is CCN(C(=O)c1cccc(O)c1)c1cccc(N)c1. The Morgan fingerprint density at radius 3 is 2.58 bits per heavy atom. The summed E-state index contributed by atoms with van der Waals surface area (Å²) < 4.78 is 0. The van der Waals surface area contributed by atoms with Crippen LogP contribution in [0.3, 0.4) is 0 Å². The number of amides is 1. The summed E-state index contributed by atoms with van der Waals surface area (Å²) in [5.41, 5.74) is 7.54. The summed E-state index contributed by atoms with van der Waals surface area (Å²) in [6, 6.07) is 13.5. The normalized spacial score (nSPS) is 10.2. The highest BCUT2D eigenvalue weighted by Gasteiger charge is 2.16. The topological polar surface area (TPSA) is 66.6 Å². The highest BCUT2D eigenvalue weighted by molar-refractivity contribution is 6.06. The van der Waals surface area contributed by atoms with Gasteiger partial charge >= 0.3 is 0 Å². The molecule has 4 heteroatoms. The third-order valence-electron chi connectivity index (χ3n) is 2.84. The number of anilines is 2. The summed E-state index contributed by atoms with van der Waals surface area (Å²) in [4.78, 5) is 14.0. The summed E-state index contributed by atoms with van der Waals surface area (Å²) in [7, 11) is 0. The molecule has 0 aliphatic rings. The van der Waals surface area contributed by atoms with Crippen molar-refractivity contribution >= 4 is 17.3 Å². The molecule has 0 aromatic heterocycles. The molecule has 3 N–H and O–H groups in total. The number of hydrogen-bond donors (Lipinski definition) is 2. The van der Waals surface area contributed by atoms with E-state index in [-0.39, 0.29) is 11.7 Å². The number of nitrogens with zero attached hydrogens (tertiary/aromatic N) is 1. The lowest BCUT2D eigenvalue weighted by Crippen LogP contribution is -2.30. The van der Waals surface area contributed by atoms with Gasteiger partial charge in [0.15, 0.2) is 0 Å². The van der Waals surface area contributed by atoms with Gasteiger partial charge in [-0.05, 0) is 43.3 Å². The summed E-state index contributed by atoms with van der Waals surface area (Å²) >= 11 is 0. The number of aromatic hydroxyl groups is 1. The monoisotopic (exact) mass is 256 g/mol. The van der Waals surface area contributed by atoms with Gasteiger partial charge in [-0.15, -0.1) is 0 Å². The van der Waals surface area contributed by atoms with E-state index in [2.05, 4.69) is 0 Å². The molecule has 2 rings (SSSR count). The zero-order chi connectivity index (χ0) is 13.8. The fourth-order valence-electron chi connectivity index (χ4n) is 1.93. The lowest BCUT2D eigenvalue weighted by molar-refractivity contribution is 0.0988. The highest BCUT2D eigenvalue weighted by Crippen LogP contribution is 2.21. The number of hydrogen-bond acceptors (Lipinski definition) is 3. The average molecular weight is 256 g/mol. The van der Waals surface area contributed by atoms with Gasteiger partial charge in [0.1, 0.15) is 5.75 Å². The number of nitrogen functional groups attached to an aromatic ring is 1. The predicted molar refractivity (Wildman–Crippen MR) is 76.3 cm³/mol. The van der Waals surface area contributed by atoms with E-state index in [0.717, 1.165) is 5.69 Å². The molecule has 0 aliphatic heterocycles. The first-order chi connectivity index (χ1) is 9.11. The van der Waals surface area contributed by atoms with Crippen LogP contribution >= 0.6 is 0 Å². The molecule has 19 heavy (non-hydrogen) atoms. The van der Waals surface area contributed by atoms with Crippen molar-refractivity contribution in [3.05, 3.63) is 54.1 Å². The Hall–Kier alpha value is -2.49. The quantitative estimate of drug-likeness (QED) is 0.830. The Morgan fingerprint density at radius 2 is 1.95 bits per heavy atom. The van der Waals surface area contributed by atoms with Crippen molar-refractivity contribution in [3.63, 3.8) is 0 Å². The third-order valence-corrected chi connectivity index (χ3v) is 2.84. The smallest absolute Gasteiger partial charge is 0.258 e. The van der Waals surface area contributed by atoms with Crippen LogP contribution in [0.15, 0.2) is 48.5 Å². The first-order valence-corrected chi connectivity index (χ1v) is 6.08. The van der Waals surface area contributed by atoms with Crippen LogP contribution in [0, 0.1) is 0 Å². The third kappa shape index (κ3) is 2.85. The van der Waals surface area contributed by atoms with Crippen LogP contribution in [0.25, 0.3) is 0 Å². The van der Waals surface area contributed by atoms with Gasteiger partial charge in [-0.1, -0.05) is 12.1 Å². The molecule has 0 saturated heterocycles. The van der Waals surface area contributed by atoms with Crippen LogP contribution in [0.1, 0.15) is 17.3 Å². The van der Waals surface area contributed by atoms with Gasteiger partial charge in [0.25, 0.3) is 5.91 Å². The van der Waals surface area contributed by atoms with Crippen molar-refractivity contribution in [2.75, 3.05) is 17.2 Å². The number of nitrogens with two attached hydrogens (primary N) is 1. The summed E-state index contributed by atoms with van der Waals surface area (Å²) in [5.74, 6) is -0.0847. The Kier molecular flexibility index (Phi) is 3.71. The minimum Gasteiger partial charge on any atom is -0.508 e. The van der Waals surface area contributed by atoms with Gasteiger partial charge < -0.3 is 15.7 Å². The molecule has 0 radical (unpaired) electrons. The van der Waals surface area contributed by atoms with Gasteiger partial charge in [0.05, 0.1) is 0 Å². The molecule has 1 amide bonds. The molecule has 0 bridgehead atoms. The average Bonchev–Trinajstić information content (AvgIpc) is 2.39. The van der Waals surface area contributed by atoms with Crippen molar-refractivity contribution < 1.29 is 9.90 Å². The molecule has 0 saturated carbocycles. The molecule has 0 aliphatic carbocycles. The lowest BCUT2D eigenvalue weighted by Gasteiger charge is -2.21. The molecule has 0 unspecified atom stereocenters. The minimum atomic E-state index is -0.163. The van der Waals surface area contributed by atoms with E-state index >= 15 is 0 Å². The van der Waals surface area contributed by atoms with Crippen molar-refractivity contribution in [2.24, 2.45) is 0 Å². The van der Waals surface area contributed by atoms with E-state index in [4.69, 9.17) is 5.73 Å². The fraction of sp³-hybridized carbons (Fsp3) is 0.133. The van der Waals surface area contributed by atoms with E-state index in [1.54, 1.807) is 29.2 Å². The number of phenolic OH excluding ortho intramolecular Hbond substituents is 1. The maximum atomic E-state index is 12.4. The molecule has 0 fully saturated rings. The number of benzene rings is 2. The minimum absolute atomic E-state index is 0.0782. The van der Waals surface area contributed by atoms with Gasteiger partial charge in [0, 0.05) is 23.5 Å². The number of carbonyl (C=O) groups excluding carboxylic acids is 1. The second-order valence-corrected chi connectivity index (χ2v) is 4.19. The Balaban J connectivity index is 2.34. The first-order valence-electron chi connectivity index (χ1n) is 6.08. The number of phenols is 1. The van der Waals surface area contributed by atoms with Crippen LogP contribution in [0.2, 0.25) is 0 Å². The van der Waals surface area contributed by atoms with E-state index in [0.29, 0.717) is 17.8 Å². The van der Waals surface area contributed by atoms with Crippen LogP contribution in [-0.2, 0) is 0 Å². The Morgan fingerprint density at radius 1 is 1.21 bits per heavy atom. The second kappa shape index (κ2) is 5.44. The van der Waals surface area contributed by atoms with Crippen LogP contribution in [-0.4, -0.2) is 17.6 Å². The molecule has 2 aromatic carbocycles. The summed E-state index contributed by atoms with van der Waals surface area (Å²) in [5, 5.41) is 9.44. The fourth-order valence-corrected chi connectivity index (χ4v) is 1.93. The van der Waals surface area contributed by atoms with Crippen molar-refractivity contribution in [2.45, 2.75) is 6.92 Å². The number of carbonyl (C=O) groups is 1. The predicted octanol–water partition coefficient (Wildman–Crippen LogP) is 2.64. The highest BCUT2D eigenvalue weighted by atomic mass is 16.3. The van der Waals surface area contributed by atoms with E-state index in [1.165, 1.54) is 12.1 Å². The van der Waals surface area contributed by atoms with Crippen molar-refractivity contribution in [3.8, 4) is 5.75 Å². The Bertz CT molecular complexity index is 596. The molecule has 0 heterocycles. The van der Waals surface area contributed by atoms with E-state index < -0.39 is 0 Å². The first kappa shape index (κ1) is 13.0. The molecule has 4 nitrogen and oxygen atoms in total. The van der Waals surface area contributed by atoms with Crippen LogP contribution in [0.5, 0.6) is 5.75 Å². The van der Waals surface area contributed by atoms with Crippen molar-refractivity contribution in [1.82, 2.24) is 0 Å². The maximum absolute atomic E-state index is 12.4. The summed E-state index contributed by atoms with van der Waals surface area (Å²) in [6.45, 7) is 2.42. The zero-order valence-corrected chi connectivity index (χ0v) is 10.7. The van der Waals surface area contributed by atoms with Crippen molar-refractivity contribution in [1.29, 1.82) is 0 Å².